The van der Waals surface area contributed by atoms with Crippen LogP contribution in [0.15, 0.2) is 0 Å². The summed E-state index contributed by atoms with van der Waals surface area (Å²) in [5.41, 5.74) is 6.18. The van der Waals surface area contributed by atoms with Gasteiger partial charge in [-0.15, -0.1) is 0 Å². The van der Waals surface area contributed by atoms with Crippen LogP contribution in [-0.4, -0.2) is 6.04 Å². The fourth-order valence-electron chi connectivity index (χ4n) is 3.06. The van der Waals surface area contributed by atoms with E-state index in [9.17, 15) is 0 Å². The molecule has 0 spiro atoms. The predicted molar refractivity (Wildman–Crippen MR) is 51.8 cm³/mol. The third-order valence-corrected chi connectivity index (χ3v) is 3.94. The molecule has 2 saturated carbocycles. The molecule has 0 radical (unpaired) electrons. The predicted octanol–water partition coefficient (Wildman–Crippen LogP) is 2.41. The standard InChI is InChI=1S/C11H21N/c1-7(2)11(12)10-8-5-3-4-6-9(8)10/h7-11H,3-6,12H2,1-2H3. The Hall–Kier alpha value is -0.0400. The number of hydrogen-bond acceptors (Lipinski definition) is 1. The van der Waals surface area contributed by atoms with Crippen LogP contribution in [0.3, 0.4) is 0 Å². The minimum absolute atomic E-state index is 0.484. The van der Waals surface area contributed by atoms with E-state index in [1.165, 1.54) is 25.7 Å². The van der Waals surface area contributed by atoms with Crippen molar-refractivity contribution < 1.29 is 0 Å². The summed E-state index contributed by atoms with van der Waals surface area (Å²) in [6, 6.07) is 0.484. The quantitative estimate of drug-likeness (QED) is 0.671. The zero-order valence-corrected chi connectivity index (χ0v) is 8.29. The van der Waals surface area contributed by atoms with Gasteiger partial charge in [-0.05, 0) is 36.5 Å². The normalized spacial score (nSPS) is 42.5. The van der Waals surface area contributed by atoms with E-state index in [1.807, 2.05) is 0 Å². The highest BCUT2D eigenvalue weighted by Gasteiger charge is 2.53. The van der Waals surface area contributed by atoms with Crippen molar-refractivity contribution in [2.45, 2.75) is 45.6 Å². The molecule has 2 aliphatic carbocycles. The van der Waals surface area contributed by atoms with Crippen molar-refractivity contribution >= 4 is 0 Å². The van der Waals surface area contributed by atoms with E-state index < -0.39 is 0 Å². The maximum atomic E-state index is 6.18. The van der Waals surface area contributed by atoms with E-state index in [0.717, 1.165) is 17.8 Å². The Labute approximate surface area is 75.7 Å². The lowest BCUT2D eigenvalue weighted by Crippen LogP contribution is -2.29. The van der Waals surface area contributed by atoms with Crippen molar-refractivity contribution in [1.82, 2.24) is 0 Å². The first-order valence-electron chi connectivity index (χ1n) is 5.47. The van der Waals surface area contributed by atoms with E-state index >= 15 is 0 Å². The van der Waals surface area contributed by atoms with Crippen molar-refractivity contribution in [2.75, 3.05) is 0 Å². The number of rotatable bonds is 2. The highest BCUT2D eigenvalue weighted by Crippen LogP contribution is 2.57. The van der Waals surface area contributed by atoms with Crippen LogP contribution < -0.4 is 5.73 Å². The molecule has 3 unspecified atom stereocenters. The SMILES string of the molecule is CC(C)C(N)C1C2CCCCC21. The minimum Gasteiger partial charge on any atom is -0.327 e. The monoisotopic (exact) mass is 167 g/mol. The Bertz CT molecular complexity index is 152. The van der Waals surface area contributed by atoms with Crippen LogP contribution >= 0.6 is 0 Å². The van der Waals surface area contributed by atoms with Gasteiger partial charge >= 0.3 is 0 Å². The fraction of sp³-hybridized carbons (Fsp3) is 1.00. The minimum atomic E-state index is 0.484. The highest BCUT2D eigenvalue weighted by molar-refractivity contribution is 5.04. The molecule has 0 aromatic heterocycles. The van der Waals surface area contributed by atoms with Gasteiger partial charge in [-0.2, -0.15) is 0 Å². The van der Waals surface area contributed by atoms with Crippen LogP contribution in [0.25, 0.3) is 0 Å². The molecule has 2 N–H and O–H groups in total. The maximum Gasteiger partial charge on any atom is 0.00958 e. The largest absolute Gasteiger partial charge is 0.327 e. The van der Waals surface area contributed by atoms with Gasteiger partial charge in [-0.1, -0.05) is 26.7 Å². The van der Waals surface area contributed by atoms with Gasteiger partial charge in [-0.3, -0.25) is 0 Å². The molecule has 2 rings (SSSR count). The van der Waals surface area contributed by atoms with Gasteiger partial charge in [0.15, 0.2) is 0 Å². The van der Waals surface area contributed by atoms with E-state index in [1.54, 1.807) is 0 Å². The summed E-state index contributed by atoms with van der Waals surface area (Å²) in [5.74, 6) is 3.63. The van der Waals surface area contributed by atoms with Crippen molar-refractivity contribution in [3.8, 4) is 0 Å². The Morgan fingerprint density at radius 2 is 1.58 bits per heavy atom. The number of fused-ring (bicyclic) bond motifs is 1. The van der Waals surface area contributed by atoms with Crippen molar-refractivity contribution in [1.29, 1.82) is 0 Å². The van der Waals surface area contributed by atoms with E-state index in [4.69, 9.17) is 5.73 Å². The van der Waals surface area contributed by atoms with Gasteiger partial charge in [0, 0.05) is 6.04 Å². The summed E-state index contributed by atoms with van der Waals surface area (Å²) in [6.45, 7) is 4.52. The third-order valence-electron chi connectivity index (χ3n) is 3.94. The molecule has 12 heavy (non-hydrogen) atoms. The zero-order chi connectivity index (χ0) is 8.72. The van der Waals surface area contributed by atoms with Crippen molar-refractivity contribution in [2.24, 2.45) is 29.4 Å². The summed E-state index contributed by atoms with van der Waals surface area (Å²) in [4.78, 5) is 0. The van der Waals surface area contributed by atoms with E-state index in [0.29, 0.717) is 12.0 Å². The second-order valence-electron chi connectivity index (χ2n) is 5.01. The first kappa shape index (κ1) is 8.55. The first-order valence-corrected chi connectivity index (χ1v) is 5.47. The smallest absolute Gasteiger partial charge is 0.00958 e. The van der Waals surface area contributed by atoms with Gasteiger partial charge in [-0.25, -0.2) is 0 Å². The van der Waals surface area contributed by atoms with Crippen LogP contribution in [0.4, 0.5) is 0 Å². The molecular formula is C11H21N. The highest BCUT2D eigenvalue weighted by atomic mass is 14.7. The summed E-state index contributed by atoms with van der Waals surface area (Å²) in [6.07, 6.45) is 5.86. The molecule has 1 nitrogen and oxygen atoms in total. The number of nitrogens with two attached hydrogens (primary N) is 1. The molecule has 0 saturated heterocycles. The lowest BCUT2D eigenvalue weighted by Gasteiger charge is -2.15. The lowest BCUT2D eigenvalue weighted by atomic mass is 9.98. The Balaban J connectivity index is 1.91. The van der Waals surface area contributed by atoms with Gasteiger partial charge in [0.05, 0.1) is 0 Å². The summed E-state index contributed by atoms with van der Waals surface area (Å²) < 4.78 is 0. The molecule has 0 bridgehead atoms. The van der Waals surface area contributed by atoms with E-state index in [-0.39, 0.29) is 0 Å². The Morgan fingerprint density at radius 3 is 2.00 bits per heavy atom. The molecule has 3 atom stereocenters. The Morgan fingerprint density at radius 1 is 1.08 bits per heavy atom. The first-order chi connectivity index (χ1) is 5.72. The van der Waals surface area contributed by atoms with Crippen LogP contribution in [-0.2, 0) is 0 Å². The van der Waals surface area contributed by atoms with Gasteiger partial charge in [0.2, 0.25) is 0 Å². The van der Waals surface area contributed by atoms with Gasteiger partial charge in [0.1, 0.15) is 0 Å². The summed E-state index contributed by atoms with van der Waals surface area (Å²) in [5, 5.41) is 0. The maximum absolute atomic E-state index is 6.18. The topological polar surface area (TPSA) is 26.0 Å². The van der Waals surface area contributed by atoms with E-state index in [2.05, 4.69) is 13.8 Å². The van der Waals surface area contributed by atoms with Crippen LogP contribution in [0, 0.1) is 23.7 Å². The molecule has 70 valence electrons. The molecular weight excluding hydrogens is 146 g/mol. The summed E-state index contributed by atoms with van der Waals surface area (Å²) >= 11 is 0. The molecule has 2 aliphatic rings. The molecule has 0 aliphatic heterocycles. The second kappa shape index (κ2) is 3.02. The molecule has 1 heteroatoms. The molecule has 0 heterocycles. The fourth-order valence-corrected chi connectivity index (χ4v) is 3.06. The summed E-state index contributed by atoms with van der Waals surface area (Å²) in [7, 11) is 0. The molecule has 0 amide bonds. The molecule has 0 aromatic rings. The van der Waals surface area contributed by atoms with Crippen molar-refractivity contribution in [3.63, 3.8) is 0 Å². The second-order valence-corrected chi connectivity index (χ2v) is 5.01. The lowest BCUT2D eigenvalue weighted by molar-refractivity contribution is 0.416. The Kier molecular flexibility index (Phi) is 2.16. The molecule has 2 fully saturated rings. The zero-order valence-electron chi connectivity index (χ0n) is 8.29. The third kappa shape index (κ3) is 1.28. The van der Waals surface area contributed by atoms with Crippen LogP contribution in [0.2, 0.25) is 0 Å². The van der Waals surface area contributed by atoms with Gasteiger partial charge < -0.3 is 5.73 Å². The number of hydrogen-bond donors (Lipinski definition) is 1. The van der Waals surface area contributed by atoms with Crippen molar-refractivity contribution in [3.05, 3.63) is 0 Å². The molecule has 0 aromatic carbocycles. The van der Waals surface area contributed by atoms with Crippen LogP contribution in [0.1, 0.15) is 39.5 Å². The van der Waals surface area contributed by atoms with Gasteiger partial charge in [0.25, 0.3) is 0 Å². The van der Waals surface area contributed by atoms with Crippen LogP contribution in [0.5, 0.6) is 0 Å². The average Bonchev–Trinajstić information content (AvgIpc) is 2.76. The average molecular weight is 167 g/mol.